The molecule has 2 N–H and O–H groups in total. The van der Waals surface area contributed by atoms with Crippen LogP contribution in [0.1, 0.15) is 28.4 Å². The van der Waals surface area contributed by atoms with Gasteiger partial charge in [0.15, 0.2) is 0 Å². The van der Waals surface area contributed by atoms with Crippen LogP contribution >= 0.6 is 0 Å². The van der Waals surface area contributed by atoms with Gasteiger partial charge in [-0.25, -0.2) is 8.42 Å². The zero-order valence-electron chi connectivity index (χ0n) is 18.4. The molecule has 0 fully saturated rings. The van der Waals surface area contributed by atoms with Crippen molar-refractivity contribution in [2.45, 2.75) is 26.8 Å². The molecule has 8 nitrogen and oxygen atoms in total. The summed E-state index contributed by atoms with van der Waals surface area (Å²) in [7, 11) is -2.22. The highest BCUT2D eigenvalue weighted by atomic mass is 32.2. The fraction of sp³-hybridized carbons (Fsp3) is 0.364. The smallest absolute Gasteiger partial charge is 0.253 e. The minimum atomic E-state index is -3.76. The Bertz CT molecular complexity index is 1050. The number of hydrogen-bond acceptors (Lipinski definition) is 5. The fourth-order valence-corrected chi connectivity index (χ4v) is 4.35. The SMILES string of the molecule is COCCNC(=O)c1ccccc1NC(=O)[C@H](C)N(c1cc(C)ccc1C)S(C)(=O)=O. The Kier molecular flexibility index (Phi) is 8.18. The first-order valence-electron chi connectivity index (χ1n) is 9.80. The molecule has 0 aromatic heterocycles. The van der Waals surface area contributed by atoms with Crippen molar-refractivity contribution in [1.82, 2.24) is 5.32 Å². The topological polar surface area (TPSA) is 105 Å². The van der Waals surface area contributed by atoms with Gasteiger partial charge in [-0.2, -0.15) is 0 Å². The first-order valence-corrected chi connectivity index (χ1v) is 11.6. The lowest BCUT2D eigenvalue weighted by molar-refractivity contribution is -0.116. The van der Waals surface area contributed by atoms with Gasteiger partial charge in [0.05, 0.1) is 29.8 Å². The molecule has 0 radical (unpaired) electrons. The van der Waals surface area contributed by atoms with E-state index in [1.54, 1.807) is 37.3 Å². The summed E-state index contributed by atoms with van der Waals surface area (Å²) in [5.41, 5.74) is 2.62. The number of sulfonamides is 1. The van der Waals surface area contributed by atoms with E-state index in [9.17, 15) is 18.0 Å². The molecular formula is C22H29N3O5S. The molecule has 2 rings (SSSR count). The van der Waals surface area contributed by atoms with Crippen LogP contribution in [-0.2, 0) is 19.6 Å². The normalized spacial score (nSPS) is 12.2. The van der Waals surface area contributed by atoms with E-state index in [1.807, 2.05) is 19.1 Å². The van der Waals surface area contributed by atoms with Crippen LogP contribution in [-0.4, -0.2) is 52.8 Å². The number of aryl methyl sites for hydroxylation is 2. The summed E-state index contributed by atoms with van der Waals surface area (Å²) in [4.78, 5) is 25.5. The molecule has 0 aliphatic heterocycles. The van der Waals surface area contributed by atoms with E-state index < -0.39 is 22.0 Å². The first-order chi connectivity index (χ1) is 14.6. The van der Waals surface area contributed by atoms with Crippen LogP contribution < -0.4 is 14.9 Å². The Morgan fingerprint density at radius 1 is 1.13 bits per heavy atom. The van der Waals surface area contributed by atoms with E-state index >= 15 is 0 Å². The lowest BCUT2D eigenvalue weighted by Crippen LogP contribution is -2.46. The van der Waals surface area contributed by atoms with Crippen LogP contribution in [0.15, 0.2) is 42.5 Å². The largest absolute Gasteiger partial charge is 0.383 e. The summed E-state index contributed by atoms with van der Waals surface area (Å²) in [5.74, 6) is -0.918. The van der Waals surface area contributed by atoms with E-state index in [-0.39, 0.29) is 11.5 Å². The van der Waals surface area contributed by atoms with Crippen LogP contribution in [0.25, 0.3) is 0 Å². The molecule has 0 heterocycles. The van der Waals surface area contributed by atoms with Crippen molar-refractivity contribution in [3.8, 4) is 0 Å². The van der Waals surface area contributed by atoms with Gasteiger partial charge in [0, 0.05) is 13.7 Å². The summed E-state index contributed by atoms with van der Waals surface area (Å²) in [6.07, 6.45) is 1.07. The third-order valence-corrected chi connectivity index (χ3v) is 5.94. The number of rotatable bonds is 9. The van der Waals surface area contributed by atoms with Crippen molar-refractivity contribution in [3.05, 3.63) is 59.2 Å². The molecule has 2 aromatic rings. The lowest BCUT2D eigenvalue weighted by Gasteiger charge is -2.30. The third-order valence-electron chi connectivity index (χ3n) is 4.71. The zero-order valence-corrected chi connectivity index (χ0v) is 19.2. The highest BCUT2D eigenvalue weighted by Crippen LogP contribution is 2.27. The van der Waals surface area contributed by atoms with E-state index in [2.05, 4.69) is 10.6 Å². The number of carbonyl (C=O) groups excluding carboxylic acids is 2. The number of amides is 2. The van der Waals surface area contributed by atoms with Crippen molar-refractivity contribution in [2.24, 2.45) is 0 Å². The van der Waals surface area contributed by atoms with Gasteiger partial charge in [-0.15, -0.1) is 0 Å². The van der Waals surface area contributed by atoms with E-state index in [1.165, 1.54) is 14.0 Å². The molecule has 0 saturated carbocycles. The number of benzene rings is 2. The summed E-state index contributed by atoms with van der Waals surface area (Å²) in [5, 5.41) is 5.41. The molecule has 2 amide bonds. The second kappa shape index (κ2) is 10.4. The zero-order chi connectivity index (χ0) is 23.2. The minimum Gasteiger partial charge on any atom is -0.383 e. The maximum Gasteiger partial charge on any atom is 0.253 e. The monoisotopic (exact) mass is 447 g/mol. The Labute approximate surface area is 183 Å². The molecule has 0 aliphatic carbocycles. The molecule has 0 bridgehead atoms. The standard InChI is InChI=1S/C22H29N3O5S/c1-15-10-11-16(2)20(14-15)25(31(5,28)29)17(3)21(26)24-19-9-7-6-8-18(19)22(27)23-12-13-30-4/h6-11,14,17H,12-13H2,1-5H3,(H,23,27)(H,24,26)/t17-/m0/s1. The summed E-state index contributed by atoms with van der Waals surface area (Å²) in [6, 6.07) is 10.9. The van der Waals surface area contributed by atoms with Gasteiger partial charge >= 0.3 is 0 Å². The van der Waals surface area contributed by atoms with Gasteiger partial charge in [0.1, 0.15) is 6.04 Å². The molecule has 0 aliphatic rings. The number of methoxy groups -OCH3 is 1. The summed E-state index contributed by atoms with van der Waals surface area (Å²) in [6.45, 7) is 5.84. The number of nitrogens with zero attached hydrogens (tertiary/aromatic N) is 1. The van der Waals surface area contributed by atoms with E-state index in [4.69, 9.17) is 4.74 Å². The quantitative estimate of drug-likeness (QED) is 0.575. The van der Waals surface area contributed by atoms with Crippen LogP contribution in [0.3, 0.4) is 0 Å². The van der Waals surface area contributed by atoms with Gasteiger partial charge in [0.25, 0.3) is 5.91 Å². The molecule has 0 spiro atoms. The predicted octanol–water partition coefficient (Wildman–Crippen LogP) is 2.47. The molecule has 168 valence electrons. The van der Waals surface area contributed by atoms with E-state index in [0.29, 0.717) is 24.5 Å². The molecule has 0 saturated heterocycles. The fourth-order valence-electron chi connectivity index (χ4n) is 3.13. The molecule has 31 heavy (non-hydrogen) atoms. The van der Waals surface area contributed by atoms with Gasteiger partial charge in [-0.05, 0) is 50.1 Å². The highest BCUT2D eigenvalue weighted by molar-refractivity contribution is 7.92. The van der Waals surface area contributed by atoms with Crippen molar-refractivity contribution in [2.75, 3.05) is 36.1 Å². The second-order valence-electron chi connectivity index (χ2n) is 7.31. The number of carbonyl (C=O) groups is 2. The average Bonchev–Trinajstić information content (AvgIpc) is 2.70. The minimum absolute atomic E-state index is 0.275. The van der Waals surface area contributed by atoms with E-state index in [0.717, 1.165) is 21.7 Å². The summed E-state index contributed by atoms with van der Waals surface area (Å²) >= 11 is 0. The number of para-hydroxylation sites is 1. The van der Waals surface area contributed by atoms with Gasteiger partial charge in [-0.3, -0.25) is 13.9 Å². The van der Waals surface area contributed by atoms with Gasteiger partial charge in [0.2, 0.25) is 15.9 Å². The molecule has 0 unspecified atom stereocenters. The van der Waals surface area contributed by atoms with Crippen molar-refractivity contribution in [1.29, 1.82) is 0 Å². The molecular weight excluding hydrogens is 418 g/mol. The van der Waals surface area contributed by atoms with Gasteiger partial charge in [-0.1, -0.05) is 24.3 Å². The third kappa shape index (κ3) is 6.28. The van der Waals surface area contributed by atoms with Crippen LogP contribution in [0.2, 0.25) is 0 Å². The van der Waals surface area contributed by atoms with Crippen molar-refractivity contribution < 1.29 is 22.7 Å². The number of anilines is 2. The predicted molar refractivity (Wildman–Crippen MR) is 122 cm³/mol. The molecule has 9 heteroatoms. The maximum absolute atomic E-state index is 13.0. The van der Waals surface area contributed by atoms with Crippen molar-refractivity contribution in [3.63, 3.8) is 0 Å². The second-order valence-corrected chi connectivity index (χ2v) is 9.17. The van der Waals surface area contributed by atoms with Crippen LogP contribution in [0.5, 0.6) is 0 Å². The summed E-state index contributed by atoms with van der Waals surface area (Å²) < 4.78 is 31.2. The van der Waals surface area contributed by atoms with Crippen LogP contribution in [0, 0.1) is 13.8 Å². The molecule has 2 aromatic carbocycles. The Morgan fingerprint density at radius 2 is 1.81 bits per heavy atom. The maximum atomic E-state index is 13.0. The Balaban J connectivity index is 2.32. The van der Waals surface area contributed by atoms with Crippen LogP contribution in [0.4, 0.5) is 11.4 Å². The number of ether oxygens (including phenoxy) is 1. The Hall–Kier alpha value is -2.91. The Morgan fingerprint density at radius 3 is 2.45 bits per heavy atom. The first kappa shape index (κ1) is 24.4. The lowest BCUT2D eigenvalue weighted by atomic mass is 10.1. The number of nitrogens with one attached hydrogen (secondary N) is 2. The number of hydrogen-bond donors (Lipinski definition) is 2. The van der Waals surface area contributed by atoms with Gasteiger partial charge < -0.3 is 15.4 Å². The molecule has 1 atom stereocenters. The average molecular weight is 448 g/mol. The highest BCUT2D eigenvalue weighted by Gasteiger charge is 2.30. The van der Waals surface area contributed by atoms with Crippen molar-refractivity contribution >= 4 is 33.2 Å².